The summed E-state index contributed by atoms with van der Waals surface area (Å²) >= 11 is 0. The molecule has 0 saturated carbocycles. The fraction of sp³-hybridized carbons (Fsp3) is 0.571. The van der Waals surface area contributed by atoms with E-state index in [1.54, 1.807) is 0 Å². The van der Waals surface area contributed by atoms with E-state index < -0.39 is 23.1 Å². The van der Waals surface area contributed by atoms with Crippen molar-refractivity contribution in [1.29, 1.82) is 0 Å². The Bertz CT molecular complexity index is 580. The molecular formula is C14H23ClF2N2O3S. The minimum absolute atomic E-state index is 0. The second kappa shape index (κ2) is 8.77. The largest absolute Gasteiger partial charge is 0.488 e. The highest BCUT2D eigenvalue weighted by Gasteiger charge is 2.27. The molecule has 1 rings (SSSR count). The molecule has 0 atom stereocenters. The van der Waals surface area contributed by atoms with E-state index in [-0.39, 0.29) is 35.0 Å². The number of hydrogen-bond donors (Lipinski definition) is 1. The van der Waals surface area contributed by atoms with Crippen molar-refractivity contribution < 1.29 is 21.9 Å². The van der Waals surface area contributed by atoms with Crippen molar-refractivity contribution >= 4 is 22.4 Å². The summed E-state index contributed by atoms with van der Waals surface area (Å²) in [4.78, 5) is 0.0761. The summed E-state index contributed by atoms with van der Waals surface area (Å²) in [5, 5.41) is 0. The Hall–Kier alpha value is -0.960. The average molecular weight is 373 g/mol. The van der Waals surface area contributed by atoms with Gasteiger partial charge in [-0.3, -0.25) is 0 Å². The number of sulfonamides is 1. The van der Waals surface area contributed by atoms with Crippen LogP contribution in [0, 0.1) is 5.41 Å². The van der Waals surface area contributed by atoms with Gasteiger partial charge in [-0.1, -0.05) is 13.8 Å². The zero-order valence-corrected chi connectivity index (χ0v) is 15.0. The standard InChI is InChI=1S/C14H22F2N2O3S.ClH/c1-14(2,9-17)10-18(3)22(19,20)12-6-4-11(5-7-12)21-8-13(15)16;/h4-7,13H,8-10,17H2,1-3H3;1H. The van der Waals surface area contributed by atoms with Crippen LogP contribution in [0.4, 0.5) is 8.78 Å². The smallest absolute Gasteiger partial charge is 0.272 e. The fourth-order valence-electron chi connectivity index (χ4n) is 1.80. The van der Waals surface area contributed by atoms with Crippen LogP contribution in [0.15, 0.2) is 29.2 Å². The van der Waals surface area contributed by atoms with Crippen LogP contribution in [0.2, 0.25) is 0 Å². The molecule has 134 valence electrons. The predicted octanol–water partition coefficient (Wildman–Crippen LogP) is 2.36. The number of rotatable bonds is 8. The minimum Gasteiger partial charge on any atom is -0.488 e. The van der Waals surface area contributed by atoms with Crippen LogP contribution < -0.4 is 10.5 Å². The maximum absolute atomic E-state index is 12.4. The molecule has 0 saturated heterocycles. The third kappa shape index (κ3) is 6.58. The zero-order chi connectivity index (χ0) is 17.0. The third-order valence-corrected chi connectivity index (χ3v) is 4.93. The van der Waals surface area contributed by atoms with Gasteiger partial charge in [0.05, 0.1) is 4.90 Å². The molecule has 5 nitrogen and oxygen atoms in total. The van der Waals surface area contributed by atoms with Crippen molar-refractivity contribution in [3.63, 3.8) is 0 Å². The van der Waals surface area contributed by atoms with Gasteiger partial charge in [-0.05, 0) is 36.2 Å². The van der Waals surface area contributed by atoms with E-state index in [2.05, 4.69) is 0 Å². The summed E-state index contributed by atoms with van der Waals surface area (Å²) in [6.45, 7) is 3.65. The molecule has 0 fully saturated rings. The Morgan fingerprint density at radius 1 is 1.26 bits per heavy atom. The first-order valence-electron chi connectivity index (χ1n) is 6.76. The van der Waals surface area contributed by atoms with Crippen LogP contribution >= 0.6 is 12.4 Å². The van der Waals surface area contributed by atoms with Gasteiger partial charge in [0.15, 0.2) is 0 Å². The van der Waals surface area contributed by atoms with Crippen molar-refractivity contribution in [1.82, 2.24) is 4.31 Å². The Labute approximate surface area is 142 Å². The number of hydrogen-bond acceptors (Lipinski definition) is 4. The number of ether oxygens (including phenoxy) is 1. The molecule has 0 radical (unpaired) electrons. The van der Waals surface area contributed by atoms with Gasteiger partial charge < -0.3 is 10.5 Å². The number of benzene rings is 1. The summed E-state index contributed by atoms with van der Waals surface area (Å²) in [5.74, 6) is 0.198. The molecule has 0 heterocycles. The van der Waals surface area contributed by atoms with Crippen molar-refractivity contribution in [2.45, 2.75) is 25.2 Å². The lowest BCUT2D eigenvalue weighted by molar-refractivity contribution is 0.0819. The molecular weight excluding hydrogens is 350 g/mol. The van der Waals surface area contributed by atoms with Crippen LogP contribution in [0.3, 0.4) is 0 Å². The Balaban J connectivity index is 0.00000484. The van der Waals surface area contributed by atoms with Gasteiger partial charge in [0.25, 0.3) is 6.43 Å². The lowest BCUT2D eigenvalue weighted by Gasteiger charge is -2.28. The quantitative estimate of drug-likeness (QED) is 0.760. The van der Waals surface area contributed by atoms with Gasteiger partial charge in [-0.2, -0.15) is 0 Å². The summed E-state index contributed by atoms with van der Waals surface area (Å²) < 4.78 is 55.0. The van der Waals surface area contributed by atoms with Crippen LogP contribution in [0.5, 0.6) is 5.75 Å². The second-order valence-electron chi connectivity index (χ2n) is 5.80. The lowest BCUT2D eigenvalue weighted by Crippen LogP contribution is -2.39. The predicted molar refractivity (Wildman–Crippen MR) is 87.8 cm³/mol. The average Bonchev–Trinajstić information content (AvgIpc) is 2.45. The zero-order valence-electron chi connectivity index (χ0n) is 13.3. The Morgan fingerprint density at radius 3 is 2.22 bits per heavy atom. The van der Waals surface area contributed by atoms with Gasteiger partial charge in [0.2, 0.25) is 10.0 Å². The molecule has 1 aromatic carbocycles. The first-order valence-corrected chi connectivity index (χ1v) is 8.20. The monoisotopic (exact) mass is 372 g/mol. The maximum Gasteiger partial charge on any atom is 0.272 e. The van der Waals surface area contributed by atoms with E-state index in [0.717, 1.165) is 0 Å². The van der Waals surface area contributed by atoms with E-state index in [1.165, 1.54) is 35.6 Å². The van der Waals surface area contributed by atoms with Crippen LogP contribution in [-0.2, 0) is 10.0 Å². The van der Waals surface area contributed by atoms with Gasteiger partial charge in [-0.15, -0.1) is 12.4 Å². The molecule has 0 aliphatic carbocycles. The van der Waals surface area contributed by atoms with Gasteiger partial charge in [0, 0.05) is 13.6 Å². The number of alkyl halides is 2. The highest BCUT2D eigenvalue weighted by atomic mass is 35.5. The maximum atomic E-state index is 12.4. The van der Waals surface area contributed by atoms with E-state index in [0.29, 0.717) is 6.54 Å². The highest BCUT2D eigenvalue weighted by molar-refractivity contribution is 7.89. The van der Waals surface area contributed by atoms with Crippen molar-refractivity contribution in [3.05, 3.63) is 24.3 Å². The van der Waals surface area contributed by atoms with Gasteiger partial charge >= 0.3 is 0 Å². The lowest BCUT2D eigenvalue weighted by atomic mass is 9.94. The van der Waals surface area contributed by atoms with Gasteiger partial charge in [0.1, 0.15) is 12.4 Å². The van der Waals surface area contributed by atoms with Crippen molar-refractivity contribution in [3.8, 4) is 5.75 Å². The van der Waals surface area contributed by atoms with Crippen LogP contribution in [-0.4, -0.2) is 45.9 Å². The summed E-state index contributed by atoms with van der Waals surface area (Å²) in [6, 6.07) is 5.39. The molecule has 23 heavy (non-hydrogen) atoms. The molecule has 0 bridgehead atoms. The SMILES string of the molecule is CN(CC(C)(C)CN)S(=O)(=O)c1ccc(OCC(F)F)cc1.Cl. The summed E-state index contributed by atoms with van der Waals surface area (Å²) in [6.07, 6.45) is -2.58. The molecule has 0 aliphatic heterocycles. The highest BCUT2D eigenvalue weighted by Crippen LogP contribution is 2.22. The van der Waals surface area contributed by atoms with E-state index in [4.69, 9.17) is 10.5 Å². The Morgan fingerprint density at radius 2 is 1.78 bits per heavy atom. The summed E-state index contributed by atoms with van der Waals surface area (Å²) in [7, 11) is -2.18. The van der Waals surface area contributed by atoms with Crippen molar-refractivity contribution in [2.75, 3.05) is 26.7 Å². The van der Waals surface area contributed by atoms with Crippen LogP contribution in [0.25, 0.3) is 0 Å². The number of halogens is 3. The van der Waals surface area contributed by atoms with E-state index >= 15 is 0 Å². The van der Waals surface area contributed by atoms with Gasteiger partial charge in [-0.25, -0.2) is 21.5 Å². The minimum atomic E-state index is -3.66. The molecule has 9 heteroatoms. The topological polar surface area (TPSA) is 72.6 Å². The van der Waals surface area contributed by atoms with Crippen LogP contribution in [0.1, 0.15) is 13.8 Å². The Kier molecular flexibility index (Phi) is 8.40. The molecule has 2 N–H and O–H groups in total. The van der Waals surface area contributed by atoms with E-state index in [9.17, 15) is 17.2 Å². The molecule has 0 spiro atoms. The second-order valence-corrected chi connectivity index (χ2v) is 7.85. The molecule has 0 amide bonds. The number of nitrogens with zero attached hydrogens (tertiary/aromatic N) is 1. The number of nitrogens with two attached hydrogens (primary N) is 1. The third-order valence-electron chi connectivity index (χ3n) is 3.11. The molecule has 0 aromatic heterocycles. The molecule has 0 aliphatic rings. The molecule has 0 unspecified atom stereocenters. The first-order chi connectivity index (χ1) is 10.1. The van der Waals surface area contributed by atoms with E-state index in [1.807, 2.05) is 13.8 Å². The molecule has 1 aromatic rings. The first kappa shape index (κ1) is 22.0. The fourth-order valence-corrected chi connectivity index (χ4v) is 3.16. The van der Waals surface area contributed by atoms with Crippen molar-refractivity contribution in [2.24, 2.45) is 11.1 Å². The summed E-state index contributed by atoms with van der Waals surface area (Å²) in [5.41, 5.74) is 5.27. The normalized spacial score (nSPS) is 12.3.